The lowest BCUT2D eigenvalue weighted by Gasteiger charge is -2.26. The second-order valence-electron chi connectivity index (χ2n) is 9.95. The van der Waals surface area contributed by atoms with E-state index in [9.17, 15) is 24.3 Å². The molecule has 1 aromatic carbocycles. The number of nitrogens with two attached hydrogens (primary N) is 3. The lowest BCUT2D eigenvalue weighted by atomic mass is 10.0. The Bertz CT molecular complexity index is 1200. The van der Waals surface area contributed by atoms with Gasteiger partial charge >= 0.3 is 5.97 Å². The van der Waals surface area contributed by atoms with Gasteiger partial charge in [-0.3, -0.25) is 19.4 Å². The van der Waals surface area contributed by atoms with Crippen molar-refractivity contribution in [3.8, 4) is 0 Å². The van der Waals surface area contributed by atoms with Gasteiger partial charge in [0.2, 0.25) is 17.7 Å². The Kier molecular flexibility index (Phi) is 12.7. The zero-order valence-corrected chi connectivity index (χ0v) is 23.6. The number of aromatic nitrogens is 1. The average molecular weight is 577 g/mol. The predicted molar refractivity (Wildman–Crippen MR) is 157 cm³/mol. The van der Waals surface area contributed by atoms with E-state index in [0.29, 0.717) is 6.42 Å². The zero-order chi connectivity index (χ0) is 29.8. The first-order valence-electron chi connectivity index (χ1n) is 13.0. The molecule has 220 valence electrons. The number of nitrogens with one attached hydrogen (secondary N) is 4. The minimum absolute atomic E-state index is 0.0135. The number of carbonyl (C=O) groups excluding carboxylic acids is 3. The number of rotatable bonds is 16. The Hall–Kier alpha value is -3.78. The number of thiol groups is 1. The lowest BCUT2D eigenvalue weighted by Crippen LogP contribution is -2.57. The first-order chi connectivity index (χ1) is 18.9. The van der Waals surface area contributed by atoms with Gasteiger partial charge in [-0.15, -0.1) is 0 Å². The second-order valence-corrected chi connectivity index (χ2v) is 10.3. The maximum Gasteiger partial charge on any atom is 0.326 e. The molecule has 40 heavy (non-hydrogen) atoms. The monoisotopic (exact) mass is 576 g/mol. The first-order valence-corrected chi connectivity index (χ1v) is 13.7. The molecule has 1 aromatic heterocycles. The summed E-state index contributed by atoms with van der Waals surface area (Å²) in [5.74, 6) is -3.09. The third-order valence-electron chi connectivity index (χ3n) is 6.17. The van der Waals surface area contributed by atoms with Gasteiger partial charge in [0.15, 0.2) is 5.96 Å². The van der Waals surface area contributed by atoms with E-state index in [1.54, 1.807) is 6.20 Å². The van der Waals surface area contributed by atoms with Gasteiger partial charge in [0, 0.05) is 35.8 Å². The molecule has 0 aliphatic rings. The number of aliphatic carboxylic acids is 1. The van der Waals surface area contributed by atoms with Crippen LogP contribution in [0.4, 0.5) is 0 Å². The minimum atomic E-state index is -1.23. The molecule has 0 saturated heterocycles. The van der Waals surface area contributed by atoms with Crippen molar-refractivity contribution in [1.82, 2.24) is 20.9 Å². The summed E-state index contributed by atoms with van der Waals surface area (Å²) in [4.78, 5) is 58.0. The van der Waals surface area contributed by atoms with Crippen molar-refractivity contribution in [1.29, 1.82) is 0 Å². The molecule has 1 heterocycles. The molecule has 13 nitrogen and oxygen atoms in total. The Morgan fingerprint density at radius 1 is 1.00 bits per heavy atom. The van der Waals surface area contributed by atoms with Crippen LogP contribution in [0.15, 0.2) is 35.5 Å². The molecule has 0 radical (unpaired) electrons. The molecule has 2 rings (SSSR count). The molecular formula is C26H40N8O5S. The van der Waals surface area contributed by atoms with E-state index in [1.165, 1.54) is 0 Å². The molecule has 4 unspecified atom stereocenters. The van der Waals surface area contributed by atoms with Crippen LogP contribution in [-0.2, 0) is 25.6 Å². The van der Waals surface area contributed by atoms with Gasteiger partial charge in [0.05, 0.1) is 6.04 Å². The molecule has 0 fully saturated rings. The van der Waals surface area contributed by atoms with Gasteiger partial charge in [-0.2, -0.15) is 12.6 Å². The van der Waals surface area contributed by atoms with Gasteiger partial charge in [0.1, 0.15) is 18.1 Å². The molecule has 14 heteroatoms. The van der Waals surface area contributed by atoms with Crippen molar-refractivity contribution < 1.29 is 24.3 Å². The number of H-pyrrole nitrogens is 1. The molecule has 0 aliphatic heterocycles. The zero-order valence-electron chi connectivity index (χ0n) is 22.7. The van der Waals surface area contributed by atoms with Gasteiger partial charge in [-0.05, 0) is 36.8 Å². The van der Waals surface area contributed by atoms with E-state index < -0.39 is 47.9 Å². The Labute approximate surface area is 238 Å². The van der Waals surface area contributed by atoms with Crippen LogP contribution >= 0.6 is 12.6 Å². The fraction of sp³-hybridized carbons (Fsp3) is 0.500. The van der Waals surface area contributed by atoms with Crippen molar-refractivity contribution in [2.24, 2.45) is 28.1 Å². The molecule has 4 atom stereocenters. The molecule has 11 N–H and O–H groups in total. The summed E-state index contributed by atoms with van der Waals surface area (Å²) in [7, 11) is 0. The van der Waals surface area contributed by atoms with Gasteiger partial charge < -0.3 is 43.2 Å². The predicted octanol–water partition coefficient (Wildman–Crippen LogP) is -0.394. The number of amides is 3. The van der Waals surface area contributed by atoms with Crippen LogP contribution < -0.4 is 33.2 Å². The smallest absolute Gasteiger partial charge is 0.326 e. The fourth-order valence-electron chi connectivity index (χ4n) is 4.10. The molecule has 0 spiro atoms. The maximum absolute atomic E-state index is 13.3. The van der Waals surface area contributed by atoms with Gasteiger partial charge in [0.25, 0.3) is 0 Å². The topological polar surface area (TPSA) is 231 Å². The Morgan fingerprint density at radius 2 is 1.62 bits per heavy atom. The van der Waals surface area contributed by atoms with Crippen LogP contribution in [0.3, 0.4) is 0 Å². The van der Waals surface area contributed by atoms with Crippen LogP contribution in [0.1, 0.15) is 38.7 Å². The van der Waals surface area contributed by atoms with Crippen LogP contribution in [0.2, 0.25) is 0 Å². The highest BCUT2D eigenvalue weighted by atomic mass is 32.1. The number of carbonyl (C=O) groups is 4. The SMILES string of the molecule is CC(C)CC(NC(=O)C(CCCN=C(N)N)NC(=O)C(N)CS)C(=O)NC(Cc1c[nH]c2ccccc12)C(=O)O. The third kappa shape index (κ3) is 10.1. The van der Waals surface area contributed by atoms with Crippen molar-refractivity contribution >= 4 is 53.2 Å². The van der Waals surface area contributed by atoms with E-state index in [0.717, 1.165) is 16.5 Å². The molecule has 0 aliphatic carbocycles. The quantitative estimate of drug-likeness (QED) is 0.0551. The number of para-hydroxylation sites is 1. The van der Waals surface area contributed by atoms with Crippen LogP contribution in [0.5, 0.6) is 0 Å². The van der Waals surface area contributed by atoms with E-state index in [-0.39, 0.29) is 43.4 Å². The molecule has 0 bridgehead atoms. The molecule has 0 saturated carbocycles. The average Bonchev–Trinajstić information content (AvgIpc) is 3.31. The number of aliphatic imine (C=N–C) groups is 1. The summed E-state index contributed by atoms with van der Waals surface area (Å²) < 4.78 is 0. The Morgan fingerprint density at radius 3 is 2.25 bits per heavy atom. The number of benzene rings is 1. The Balaban J connectivity index is 2.18. The number of carboxylic acid groups (broad SMARTS) is 1. The van der Waals surface area contributed by atoms with Crippen molar-refractivity contribution in [3.63, 3.8) is 0 Å². The normalized spacial score (nSPS) is 14.1. The van der Waals surface area contributed by atoms with Crippen molar-refractivity contribution in [3.05, 3.63) is 36.0 Å². The first kappa shape index (κ1) is 32.4. The second kappa shape index (κ2) is 15.7. The number of hydrogen-bond donors (Lipinski definition) is 9. The van der Waals surface area contributed by atoms with E-state index in [1.807, 2.05) is 38.1 Å². The molecule has 3 amide bonds. The number of carboxylic acids is 1. The van der Waals surface area contributed by atoms with E-state index >= 15 is 0 Å². The maximum atomic E-state index is 13.3. The summed E-state index contributed by atoms with van der Waals surface area (Å²) >= 11 is 4.02. The third-order valence-corrected chi connectivity index (χ3v) is 6.56. The van der Waals surface area contributed by atoms with Crippen LogP contribution in [-0.4, -0.2) is 76.2 Å². The van der Waals surface area contributed by atoms with Crippen LogP contribution in [0.25, 0.3) is 10.9 Å². The summed E-state index contributed by atoms with van der Waals surface area (Å²) in [6.45, 7) is 3.96. The summed E-state index contributed by atoms with van der Waals surface area (Å²) in [5, 5.41) is 18.6. The summed E-state index contributed by atoms with van der Waals surface area (Å²) in [5.41, 5.74) is 18.0. The molecule has 2 aromatic rings. The largest absolute Gasteiger partial charge is 0.480 e. The highest BCUT2D eigenvalue weighted by Crippen LogP contribution is 2.19. The number of guanidine groups is 1. The van der Waals surface area contributed by atoms with Crippen LogP contribution in [0, 0.1) is 5.92 Å². The number of fused-ring (bicyclic) bond motifs is 1. The van der Waals surface area contributed by atoms with Crippen molar-refractivity contribution in [2.75, 3.05) is 12.3 Å². The van der Waals surface area contributed by atoms with Gasteiger partial charge in [-0.1, -0.05) is 32.0 Å². The standard InChI is InChI=1S/C26H40N8O5S/c1-14(2)10-20(33-23(36)19(8-5-9-30-26(28)29)32-22(35)17(27)13-40)24(37)34-21(25(38)39)11-15-12-31-18-7-4-3-6-16(15)18/h3-4,6-7,12,14,17,19-21,31,40H,5,8-11,13,27H2,1-2H3,(H,32,35)(H,33,36)(H,34,37)(H,38,39)(H4,28,29,30). The minimum Gasteiger partial charge on any atom is -0.480 e. The van der Waals surface area contributed by atoms with E-state index in [4.69, 9.17) is 17.2 Å². The summed E-state index contributed by atoms with van der Waals surface area (Å²) in [6, 6.07) is 3.19. The highest BCUT2D eigenvalue weighted by molar-refractivity contribution is 7.80. The number of aromatic amines is 1. The van der Waals surface area contributed by atoms with E-state index in [2.05, 4.69) is 38.6 Å². The number of hydrogen-bond acceptors (Lipinski definition) is 7. The lowest BCUT2D eigenvalue weighted by molar-refractivity contribution is -0.142. The molecular weight excluding hydrogens is 536 g/mol. The highest BCUT2D eigenvalue weighted by Gasteiger charge is 2.31. The fourth-order valence-corrected chi connectivity index (χ4v) is 4.27. The van der Waals surface area contributed by atoms with Crippen molar-refractivity contribution in [2.45, 2.75) is 63.7 Å². The number of nitrogens with zero attached hydrogens (tertiary/aromatic N) is 1. The summed E-state index contributed by atoms with van der Waals surface area (Å²) in [6.07, 6.45) is 2.52. The van der Waals surface area contributed by atoms with Gasteiger partial charge in [-0.25, -0.2) is 4.79 Å².